The lowest BCUT2D eigenvalue weighted by atomic mass is 9.78. The van der Waals surface area contributed by atoms with Gasteiger partial charge in [-0.3, -0.25) is 4.98 Å². The SMILES string of the molecule is C=C/C(=C(\C)N(C)c1ccccc1)c1ccnc(-c2cc(-c3cc(C(C)(C)C)cc(C(C)(C)C)c3)cc(-c3cccc4c3nc(-c3cc(C(C)(C)C)cc(C(C)(C)C)c3O)n4C)c2)c1. The highest BCUT2D eigenvalue weighted by atomic mass is 16.3. The molecule has 0 aliphatic rings. The van der Waals surface area contributed by atoms with Crippen LogP contribution >= 0.6 is 0 Å². The molecule has 0 bridgehead atoms. The highest BCUT2D eigenvalue weighted by Crippen LogP contribution is 2.44. The molecule has 5 heteroatoms. The summed E-state index contributed by atoms with van der Waals surface area (Å²) in [5.74, 6) is 1.01. The van der Waals surface area contributed by atoms with Crippen LogP contribution in [0.15, 0.2) is 134 Å². The third-order valence-electron chi connectivity index (χ3n) is 12.8. The summed E-state index contributed by atoms with van der Waals surface area (Å²) in [7, 11) is 4.15. The molecule has 0 fully saturated rings. The molecule has 0 unspecified atom stereocenters. The molecule has 0 aliphatic carbocycles. The van der Waals surface area contributed by atoms with Crippen molar-refractivity contribution in [2.24, 2.45) is 7.05 Å². The van der Waals surface area contributed by atoms with Gasteiger partial charge in [0.25, 0.3) is 0 Å². The number of fused-ring (bicyclic) bond motifs is 1. The number of pyridine rings is 1. The molecule has 2 heterocycles. The number of aryl methyl sites for hydroxylation is 1. The molecule has 2 aromatic heterocycles. The first kappa shape index (κ1) is 45.8. The summed E-state index contributed by atoms with van der Waals surface area (Å²) < 4.78 is 2.13. The van der Waals surface area contributed by atoms with Crippen molar-refractivity contribution in [1.82, 2.24) is 14.5 Å². The highest BCUT2D eigenvalue weighted by molar-refractivity contribution is 5.97. The van der Waals surface area contributed by atoms with Crippen LogP contribution in [0, 0.1) is 0 Å². The number of aromatic hydroxyl groups is 1. The Morgan fingerprint density at radius 3 is 1.80 bits per heavy atom. The first-order valence-electron chi connectivity index (χ1n) is 22.6. The number of nitrogens with zero attached hydrogens (tertiary/aromatic N) is 4. The van der Waals surface area contributed by atoms with Gasteiger partial charge in [0.15, 0.2) is 0 Å². The van der Waals surface area contributed by atoms with Gasteiger partial charge in [0.2, 0.25) is 0 Å². The minimum absolute atomic E-state index is 0.0524. The van der Waals surface area contributed by atoms with E-state index in [2.05, 4.69) is 223 Å². The molecule has 7 aromatic rings. The second-order valence-electron chi connectivity index (χ2n) is 21.7. The molecule has 64 heavy (non-hydrogen) atoms. The molecule has 0 aliphatic heterocycles. The maximum atomic E-state index is 12.0. The van der Waals surface area contributed by atoms with E-state index in [-0.39, 0.29) is 27.4 Å². The first-order valence-corrected chi connectivity index (χ1v) is 22.6. The fourth-order valence-electron chi connectivity index (χ4n) is 8.51. The number of hydrogen-bond acceptors (Lipinski definition) is 4. The molecule has 0 atom stereocenters. The molecule has 1 N–H and O–H groups in total. The molecule has 0 saturated heterocycles. The average Bonchev–Trinajstić information content (AvgIpc) is 3.58. The fraction of sp³-hybridized carbons (Fsp3) is 0.322. The van der Waals surface area contributed by atoms with Crippen LogP contribution in [-0.4, -0.2) is 26.7 Å². The monoisotopic (exact) mass is 849 g/mol. The average molecular weight is 849 g/mol. The number of hydrogen-bond donors (Lipinski definition) is 1. The molecule has 0 spiro atoms. The normalized spacial score (nSPS) is 13.0. The van der Waals surface area contributed by atoms with E-state index >= 15 is 0 Å². The van der Waals surface area contributed by atoms with Gasteiger partial charge in [0.05, 0.1) is 22.3 Å². The number of aromatic nitrogens is 3. The predicted molar refractivity (Wildman–Crippen MR) is 274 cm³/mol. The molecule has 5 aromatic carbocycles. The number of benzene rings is 5. The van der Waals surface area contributed by atoms with Crippen molar-refractivity contribution in [1.29, 1.82) is 0 Å². The van der Waals surface area contributed by atoms with E-state index in [4.69, 9.17) is 9.97 Å². The van der Waals surface area contributed by atoms with E-state index in [9.17, 15) is 5.11 Å². The minimum Gasteiger partial charge on any atom is -0.507 e. The third kappa shape index (κ3) is 9.09. The Labute approximate surface area is 383 Å². The summed E-state index contributed by atoms with van der Waals surface area (Å²) in [5.41, 5.74) is 17.2. The number of allylic oxidation sites excluding steroid dienone is 3. The van der Waals surface area contributed by atoms with Gasteiger partial charge in [-0.05, 0) is 122 Å². The number of imidazole rings is 1. The van der Waals surface area contributed by atoms with Crippen LogP contribution in [0.3, 0.4) is 0 Å². The Hall–Kier alpha value is -6.20. The van der Waals surface area contributed by atoms with Crippen molar-refractivity contribution in [3.63, 3.8) is 0 Å². The number of para-hydroxylation sites is 2. The molecular formula is C59H68N4O. The lowest BCUT2D eigenvalue weighted by Gasteiger charge is -2.27. The van der Waals surface area contributed by atoms with E-state index < -0.39 is 0 Å². The second-order valence-corrected chi connectivity index (χ2v) is 21.7. The number of phenols is 1. The molecule has 7 rings (SSSR count). The lowest BCUT2D eigenvalue weighted by molar-refractivity contribution is 0.446. The smallest absolute Gasteiger partial charge is 0.144 e. The van der Waals surface area contributed by atoms with Crippen molar-refractivity contribution in [2.75, 3.05) is 11.9 Å². The van der Waals surface area contributed by atoms with Gasteiger partial charge in [-0.25, -0.2) is 4.98 Å². The molecule has 5 nitrogen and oxygen atoms in total. The van der Waals surface area contributed by atoms with Gasteiger partial charge in [0.1, 0.15) is 11.6 Å². The Bertz CT molecular complexity index is 2890. The van der Waals surface area contributed by atoms with Crippen LogP contribution in [-0.2, 0) is 28.7 Å². The van der Waals surface area contributed by atoms with Gasteiger partial charge in [-0.15, -0.1) is 0 Å². The summed E-state index contributed by atoms with van der Waals surface area (Å²) in [4.78, 5) is 12.7. The molecule has 0 amide bonds. The van der Waals surface area contributed by atoms with Gasteiger partial charge in [-0.2, -0.15) is 0 Å². The van der Waals surface area contributed by atoms with Gasteiger partial charge in [-0.1, -0.05) is 150 Å². The summed E-state index contributed by atoms with van der Waals surface area (Å²) in [5, 5.41) is 12.0. The predicted octanol–water partition coefficient (Wildman–Crippen LogP) is 15.6. The van der Waals surface area contributed by atoms with E-state index in [1.807, 2.05) is 18.3 Å². The zero-order chi connectivity index (χ0) is 46.7. The molecular weight excluding hydrogens is 781 g/mol. The van der Waals surface area contributed by atoms with Crippen LogP contribution in [0.1, 0.15) is 118 Å². The maximum Gasteiger partial charge on any atom is 0.144 e. The van der Waals surface area contributed by atoms with E-state index in [1.54, 1.807) is 0 Å². The van der Waals surface area contributed by atoms with E-state index in [1.165, 1.54) is 11.1 Å². The number of anilines is 1. The molecule has 0 radical (unpaired) electrons. The van der Waals surface area contributed by atoms with Crippen molar-refractivity contribution >= 4 is 22.3 Å². The van der Waals surface area contributed by atoms with Crippen molar-refractivity contribution in [2.45, 2.75) is 112 Å². The summed E-state index contributed by atoms with van der Waals surface area (Å²) in [6.45, 7) is 33.3. The van der Waals surface area contributed by atoms with Crippen LogP contribution < -0.4 is 4.90 Å². The topological polar surface area (TPSA) is 54.2 Å². The van der Waals surface area contributed by atoms with Gasteiger partial charge >= 0.3 is 0 Å². The Morgan fingerprint density at radius 2 is 1.20 bits per heavy atom. The van der Waals surface area contributed by atoms with Gasteiger partial charge < -0.3 is 14.6 Å². The number of rotatable bonds is 8. The third-order valence-corrected chi connectivity index (χ3v) is 12.8. The number of phenolic OH excluding ortho intramolecular Hbond substituents is 1. The van der Waals surface area contributed by atoms with Crippen LogP contribution in [0.25, 0.3) is 61.5 Å². The molecule has 330 valence electrons. The van der Waals surface area contributed by atoms with Crippen molar-refractivity contribution in [3.05, 3.63) is 162 Å². The van der Waals surface area contributed by atoms with Crippen LogP contribution in [0.4, 0.5) is 5.69 Å². The zero-order valence-corrected chi connectivity index (χ0v) is 41.0. The Kier molecular flexibility index (Phi) is 12.0. The van der Waals surface area contributed by atoms with E-state index in [0.717, 1.165) is 89.6 Å². The summed E-state index contributed by atoms with van der Waals surface area (Å²) in [6.07, 6.45) is 3.85. The molecule has 0 saturated carbocycles. The van der Waals surface area contributed by atoms with Crippen molar-refractivity contribution < 1.29 is 5.11 Å². The summed E-state index contributed by atoms with van der Waals surface area (Å²) in [6, 6.07) is 39.3. The fourth-order valence-corrected chi connectivity index (χ4v) is 8.51. The maximum absolute atomic E-state index is 12.0. The standard InChI is InChI=1S/C59H68N4O/c1-17-47(37(2)62(15)46-22-19-18-20-23-46)38-26-27-60-51(33-38)42-29-39(40-31-43(56(3,4)5)34-44(32-40)57(6,7)8)28-41(30-42)48-24-21-25-52-53(48)61-55(63(52)16)49-35-45(58(9,10)11)36-50(54(49)64)59(12,13)14/h17-36,64H,1H2,2-16H3/b47-37-. The zero-order valence-electron chi connectivity index (χ0n) is 41.0. The Morgan fingerprint density at radius 1 is 0.625 bits per heavy atom. The minimum atomic E-state index is -0.270. The van der Waals surface area contributed by atoms with Crippen molar-refractivity contribution in [3.8, 4) is 50.6 Å². The quantitative estimate of drug-likeness (QED) is 0.155. The first-order chi connectivity index (χ1) is 29.9. The highest BCUT2D eigenvalue weighted by Gasteiger charge is 2.28. The largest absolute Gasteiger partial charge is 0.507 e. The Balaban J connectivity index is 1.49. The lowest BCUT2D eigenvalue weighted by Crippen LogP contribution is -2.17. The van der Waals surface area contributed by atoms with Crippen LogP contribution in [0.2, 0.25) is 0 Å². The summed E-state index contributed by atoms with van der Waals surface area (Å²) >= 11 is 0. The second kappa shape index (κ2) is 16.7. The van der Waals surface area contributed by atoms with Crippen LogP contribution in [0.5, 0.6) is 5.75 Å². The van der Waals surface area contributed by atoms with E-state index in [0.29, 0.717) is 0 Å². The van der Waals surface area contributed by atoms with Gasteiger partial charge in [0, 0.05) is 53.9 Å².